The van der Waals surface area contributed by atoms with Crippen LogP contribution in [0.25, 0.3) is 0 Å². The third-order valence-electron chi connectivity index (χ3n) is 6.01. The molecule has 0 aromatic carbocycles. The number of carbonyl (C=O) groups excluding carboxylic acids is 1. The van der Waals surface area contributed by atoms with Crippen LogP contribution in [0.5, 0.6) is 0 Å². The molecule has 176 valence electrons. The van der Waals surface area contributed by atoms with Crippen molar-refractivity contribution >= 4 is 35.8 Å². The smallest absolute Gasteiger partial charge is 0.225 e. The molecule has 0 unspecified atom stereocenters. The maximum absolute atomic E-state index is 12.6. The van der Waals surface area contributed by atoms with Crippen molar-refractivity contribution in [3.8, 4) is 0 Å². The minimum atomic E-state index is 0. The third kappa shape index (κ3) is 7.93. The Morgan fingerprint density at radius 1 is 1.23 bits per heavy atom. The summed E-state index contributed by atoms with van der Waals surface area (Å²) in [7, 11) is 0. The number of guanidine groups is 1. The molecule has 1 amide bonds. The Balaban J connectivity index is 0.00000341. The van der Waals surface area contributed by atoms with Crippen molar-refractivity contribution < 1.29 is 9.32 Å². The molecule has 0 radical (unpaired) electrons. The molecule has 2 fully saturated rings. The number of amides is 1. The van der Waals surface area contributed by atoms with E-state index in [1.807, 2.05) is 6.07 Å². The zero-order chi connectivity index (χ0) is 21.3. The largest absolute Gasteiger partial charge is 0.359 e. The van der Waals surface area contributed by atoms with Gasteiger partial charge in [-0.2, -0.15) is 0 Å². The summed E-state index contributed by atoms with van der Waals surface area (Å²) < 4.78 is 5.37. The SMILES string of the molecule is CCNC(=NCc1cc(C(C)C)no1)NCCN1CCN(C(=O)C2CCCC2)CC1.I. The van der Waals surface area contributed by atoms with E-state index in [0.29, 0.717) is 18.4 Å². The lowest BCUT2D eigenvalue weighted by Gasteiger charge is -2.36. The first-order valence-corrected chi connectivity index (χ1v) is 11.6. The minimum absolute atomic E-state index is 0. The average Bonchev–Trinajstić information content (AvgIpc) is 3.44. The summed E-state index contributed by atoms with van der Waals surface area (Å²) in [6, 6.07) is 1.98. The summed E-state index contributed by atoms with van der Waals surface area (Å²) in [5.74, 6) is 2.60. The molecule has 1 aliphatic heterocycles. The van der Waals surface area contributed by atoms with Gasteiger partial charge in [0.05, 0.1) is 5.69 Å². The highest BCUT2D eigenvalue weighted by atomic mass is 127. The lowest BCUT2D eigenvalue weighted by atomic mass is 10.1. The molecule has 0 spiro atoms. The number of hydrogen-bond donors (Lipinski definition) is 2. The average molecular weight is 546 g/mol. The van der Waals surface area contributed by atoms with E-state index >= 15 is 0 Å². The van der Waals surface area contributed by atoms with Crippen molar-refractivity contribution in [2.45, 2.75) is 58.9 Å². The second kappa shape index (κ2) is 13.2. The summed E-state index contributed by atoms with van der Waals surface area (Å²) in [5, 5.41) is 10.8. The highest BCUT2D eigenvalue weighted by Crippen LogP contribution is 2.26. The van der Waals surface area contributed by atoms with Crippen LogP contribution in [-0.2, 0) is 11.3 Å². The van der Waals surface area contributed by atoms with Crippen LogP contribution in [0, 0.1) is 5.92 Å². The number of aliphatic imine (C=N–C) groups is 1. The van der Waals surface area contributed by atoms with Crippen LogP contribution >= 0.6 is 24.0 Å². The summed E-state index contributed by atoms with van der Waals surface area (Å²) in [6.45, 7) is 12.9. The van der Waals surface area contributed by atoms with Gasteiger partial charge in [-0.05, 0) is 25.7 Å². The zero-order valence-electron chi connectivity index (χ0n) is 19.2. The van der Waals surface area contributed by atoms with Gasteiger partial charge in [0.1, 0.15) is 6.54 Å². The summed E-state index contributed by atoms with van der Waals surface area (Å²) >= 11 is 0. The molecular formula is C22H39IN6O2. The van der Waals surface area contributed by atoms with Crippen LogP contribution in [0.1, 0.15) is 63.8 Å². The van der Waals surface area contributed by atoms with Gasteiger partial charge in [0.15, 0.2) is 11.7 Å². The minimum Gasteiger partial charge on any atom is -0.359 e. The van der Waals surface area contributed by atoms with Gasteiger partial charge < -0.3 is 20.1 Å². The first kappa shape index (κ1) is 25.9. The number of aromatic nitrogens is 1. The second-order valence-electron chi connectivity index (χ2n) is 8.64. The van der Waals surface area contributed by atoms with Crippen molar-refractivity contribution in [1.82, 2.24) is 25.6 Å². The molecule has 0 atom stereocenters. The highest BCUT2D eigenvalue weighted by molar-refractivity contribution is 14.0. The van der Waals surface area contributed by atoms with Gasteiger partial charge in [-0.1, -0.05) is 31.8 Å². The van der Waals surface area contributed by atoms with Gasteiger partial charge in [-0.25, -0.2) is 4.99 Å². The third-order valence-corrected chi connectivity index (χ3v) is 6.01. The summed E-state index contributed by atoms with van der Waals surface area (Å²) in [6.07, 6.45) is 4.60. The van der Waals surface area contributed by atoms with Crippen LogP contribution in [0.4, 0.5) is 0 Å². The lowest BCUT2D eigenvalue weighted by molar-refractivity contribution is -0.137. The van der Waals surface area contributed by atoms with E-state index in [1.165, 1.54) is 12.8 Å². The van der Waals surface area contributed by atoms with Crippen LogP contribution in [0.2, 0.25) is 0 Å². The summed E-state index contributed by atoms with van der Waals surface area (Å²) in [5.41, 5.74) is 0.962. The van der Waals surface area contributed by atoms with Crippen LogP contribution in [0.3, 0.4) is 0 Å². The van der Waals surface area contributed by atoms with Gasteiger partial charge in [-0.3, -0.25) is 9.69 Å². The van der Waals surface area contributed by atoms with E-state index in [0.717, 1.165) is 76.1 Å². The number of carbonyl (C=O) groups is 1. The number of halogens is 1. The molecule has 3 rings (SSSR count). The molecule has 1 saturated heterocycles. The lowest BCUT2D eigenvalue weighted by Crippen LogP contribution is -2.51. The van der Waals surface area contributed by atoms with Crippen molar-refractivity contribution in [2.24, 2.45) is 10.9 Å². The van der Waals surface area contributed by atoms with E-state index < -0.39 is 0 Å². The van der Waals surface area contributed by atoms with Crippen LogP contribution < -0.4 is 10.6 Å². The van der Waals surface area contributed by atoms with Crippen LogP contribution in [-0.4, -0.2) is 72.6 Å². The van der Waals surface area contributed by atoms with Crippen molar-refractivity contribution in [3.05, 3.63) is 17.5 Å². The molecule has 2 heterocycles. The number of piperazine rings is 1. The quantitative estimate of drug-likeness (QED) is 0.297. The molecule has 2 N–H and O–H groups in total. The van der Waals surface area contributed by atoms with E-state index in [2.05, 4.69) is 51.4 Å². The van der Waals surface area contributed by atoms with Gasteiger partial charge in [-0.15, -0.1) is 24.0 Å². The first-order chi connectivity index (χ1) is 14.6. The molecule has 1 aliphatic carbocycles. The summed E-state index contributed by atoms with van der Waals surface area (Å²) in [4.78, 5) is 21.7. The Bertz CT molecular complexity index is 694. The fourth-order valence-corrected chi connectivity index (χ4v) is 4.13. The van der Waals surface area contributed by atoms with Gasteiger partial charge in [0, 0.05) is 57.8 Å². The number of nitrogens with zero attached hydrogens (tertiary/aromatic N) is 4. The van der Waals surface area contributed by atoms with Gasteiger partial charge in [0.2, 0.25) is 5.91 Å². The Morgan fingerprint density at radius 3 is 2.55 bits per heavy atom. The molecule has 8 nitrogen and oxygen atoms in total. The fourth-order valence-electron chi connectivity index (χ4n) is 4.13. The maximum Gasteiger partial charge on any atom is 0.225 e. The Morgan fingerprint density at radius 2 is 1.94 bits per heavy atom. The second-order valence-corrected chi connectivity index (χ2v) is 8.64. The van der Waals surface area contributed by atoms with Crippen molar-refractivity contribution in [1.29, 1.82) is 0 Å². The monoisotopic (exact) mass is 546 g/mol. The van der Waals surface area contributed by atoms with Crippen molar-refractivity contribution in [2.75, 3.05) is 45.8 Å². The normalized spacial score (nSPS) is 18.3. The van der Waals surface area contributed by atoms with Gasteiger partial charge in [0.25, 0.3) is 0 Å². The molecule has 0 bridgehead atoms. The number of hydrogen-bond acceptors (Lipinski definition) is 5. The Labute approximate surface area is 203 Å². The van der Waals surface area contributed by atoms with Crippen molar-refractivity contribution in [3.63, 3.8) is 0 Å². The topological polar surface area (TPSA) is 86.0 Å². The van der Waals surface area contributed by atoms with Gasteiger partial charge >= 0.3 is 0 Å². The molecule has 1 aromatic heterocycles. The Kier molecular flexibility index (Phi) is 11.1. The van der Waals surface area contributed by atoms with E-state index in [-0.39, 0.29) is 29.9 Å². The molecule has 1 saturated carbocycles. The van der Waals surface area contributed by atoms with E-state index in [1.54, 1.807) is 0 Å². The molecular weight excluding hydrogens is 507 g/mol. The van der Waals surface area contributed by atoms with Crippen LogP contribution in [0.15, 0.2) is 15.6 Å². The molecule has 1 aromatic rings. The maximum atomic E-state index is 12.6. The highest BCUT2D eigenvalue weighted by Gasteiger charge is 2.29. The number of nitrogens with one attached hydrogen (secondary N) is 2. The molecule has 2 aliphatic rings. The molecule has 9 heteroatoms. The van der Waals surface area contributed by atoms with E-state index in [4.69, 9.17) is 4.52 Å². The predicted octanol–water partition coefficient (Wildman–Crippen LogP) is 2.81. The number of rotatable bonds is 8. The molecule has 31 heavy (non-hydrogen) atoms. The zero-order valence-corrected chi connectivity index (χ0v) is 21.6. The van der Waals surface area contributed by atoms with E-state index in [9.17, 15) is 4.79 Å². The fraction of sp³-hybridized carbons (Fsp3) is 0.773. The Hall–Kier alpha value is -1.36. The standard InChI is InChI=1S/C22H38N6O2.HI/c1-4-23-22(25-16-19-15-20(17(2)3)26-30-19)24-9-10-27-11-13-28(14-12-27)21(29)18-7-5-6-8-18;/h15,17-18H,4-14,16H2,1-3H3,(H2,23,24,25);1H. The first-order valence-electron chi connectivity index (χ1n) is 11.6. The predicted molar refractivity (Wildman–Crippen MR) is 134 cm³/mol.